The summed E-state index contributed by atoms with van der Waals surface area (Å²) in [5, 5.41) is 19.1. The van der Waals surface area contributed by atoms with Crippen molar-refractivity contribution in [2.45, 2.75) is 6.61 Å². The summed E-state index contributed by atoms with van der Waals surface area (Å²) in [6, 6.07) is 17.0. The number of aromatic nitrogens is 6. The fourth-order valence-corrected chi connectivity index (χ4v) is 2.15. The van der Waals surface area contributed by atoms with Crippen LogP contribution >= 0.6 is 0 Å². The molecular weight excluding hydrogens is 308 g/mol. The van der Waals surface area contributed by atoms with Crippen molar-refractivity contribution < 1.29 is 9.15 Å². The molecule has 0 atom stereocenters. The van der Waals surface area contributed by atoms with Gasteiger partial charge in [0.25, 0.3) is 5.89 Å². The van der Waals surface area contributed by atoms with Crippen LogP contribution < -0.4 is 4.74 Å². The third-order valence-corrected chi connectivity index (χ3v) is 3.28. The highest BCUT2D eigenvalue weighted by atomic mass is 16.5. The summed E-state index contributed by atoms with van der Waals surface area (Å²) in [6.07, 6.45) is 1.52. The van der Waals surface area contributed by atoms with E-state index in [9.17, 15) is 0 Å². The van der Waals surface area contributed by atoms with Crippen LogP contribution in [0.1, 0.15) is 5.89 Å². The Bertz CT molecular complexity index is 921. The lowest BCUT2D eigenvalue weighted by molar-refractivity contribution is 0.264. The zero-order valence-electron chi connectivity index (χ0n) is 12.5. The van der Waals surface area contributed by atoms with Gasteiger partial charge >= 0.3 is 0 Å². The normalized spacial score (nSPS) is 10.7. The van der Waals surface area contributed by atoms with E-state index in [1.54, 1.807) is 4.68 Å². The molecule has 8 nitrogen and oxygen atoms in total. The van der Waals surface area contributed by atoms with Gasteiger partial charge in [0.2, 0.25) is 5.89 Å². The topological polar surface area (TPSA) is 91.8 Å². The first-order valence-corrected chi connectivity index (χ1v) is 7.22. The van der Waals surface area contributed by atoms with Gasteiger partial charge in [-0.05, 0) is 34.7 Å². The molecule has 0 aliphatic heterocycles. The molecule has 0 radical (unpaired) electrons. The second kappa shape index (κ2) is 6.29. The number of ether oxygens (including phenoxy) is 1. The molecule has 0 saturated heterocycles. The molecule has 0 spiro atoms. The minimum Gasteiger partial charge on any atom is -0.484 e. The van der Waals surface area contributed by atoms with Gasteiger partial charge < -0.3 is 9.15 Å². The number of hydrogen-bond acceptors (Lipinski definition) is 7. The number of benzene rings is 2. The number of hydrogen-bond donors (Lipinski definition) is 0. The summed E-state index contributed by atoms with van der Waals surface area (Å²) in [6.45, 7) is 0.179. The van der Waals surface area contributed by atoms with E-state index in [4.69, 9.17) is 9.15 Å². The Morgan fingerprint density at radius 1 is 1.00 bits per heavy atom. The molecule has 0 aliphatic carbocycles. The Kier molecular flexibility index (Phi) is 3.69. The number of rotatable bonds is 5. The maximum atomic E-state index is 5.70. The Hall–Kier alpha value is -3.55. The third kappa shape index (κ3) is 2.98. The predicted octanol–water partition coefficient (Wildman–Crippen LogP) is 2.29. The molecule has 118 valence electrons. The van der Waals surface area contributed by atoms with Crippen LogP contribution in [0, 0.1) is 0 Å². The highest BCUT2D eigenvalue weighted by molar-refractivity contribution is 5.51. The highest BCUT2D eigenvalue weighted by Crippen LogP contribution is 2.19. The van der Waals surface area contributed by atoms with Gasteiger partial charge in [0.15, 0.2) is 6.61 Å². The van der Waals surface area contributed by atoms with E-state index >= 15 is 0 Å². The molecule has 0 aliphatic rings. The number of tetrazole rings is 1. The lowest BCUT2D eigenvalue weighted by Crippen LogP contribution is -1.98. The van der Waals surface area contributed by atoms with Crippen LogP contribution in [0.3, 0.4) is 0 Å². The molecule has 2 aromatic heterocycles. The minimum absolute atomic E-state index is 0.179. The van der Waals surface area contributed by atoms with Crippen LogP contribution in [0.25, 0.3) is 17.1 Å². The van der Waals surface area contributed by atoms with E-state index in [1.807, 2.05) is 54.6 Å². The monoisotopic (exact) mass is 320 g/mol. The third-order valence-electron chi connectivity index (χ3n) is 3.28. The molecule has 0 saturated carbocycles. The van der Waals surface area contributed by atoms with Gasteiger partial charge in [-0.2, -0.15) is 0 Å². The number of nitrogens with zero attached hydrogens (tertiary/aromatic N) is 6. The first kappa shape index (κ1) is 14.1. The van der Waals surface area contributed by atoms with Crippen molar-refractivity contribution in [1.82, 2.24) is 30.4 Å². The van der Waals surface area contributed by atoms with Gasteiger partial charge in [-0.1, -0.05) is 24.3 Å². The van der Waals surface area contributed by atoms with Crippen LogP contribution in [0.15, 0.2) is 65.3 Å². The molecule has 0 bridgehead atoms. The largest absolute Gasteiger partial charge is 0.484 e. The van der Waals surface area contributed by atoms with Crippen molar-refractivity contribution in [3.8, 4) is 22.9 Å². The van der Waals surface area contributed by atoms with Gasteiger partial charge in [-0.25, -0.2) is 4.68 Å². The van der Waals surface area contributed by atoms with Gasteiger partial charge in [0, 0.05) is 11.6 Å². The average Bonchev–Trinajstić information content (AvgIpc) is 3.33. The summed E-state index contributed by atoms with van der Waals surface area (Å²) >= 11 is 0. The Morgan fingerprint density at radius 2 is 1.92 bits per heavy atom. The predicted molar refractivity (Wildman–Crippen MR) is 83.2 cm³/mol. The van der Waals surface area contributed by atoms with Gasteiger partial charge in [-0.3, -0.25) is 0 Å². The molecular formula is C16H12N6O2. The van der Waals surface area contributed by atoms with E-state index in [0.29, 0.717) is 17.5 Å². The van der Waals surface area contributed by atoms with Crippen LogP contribution in [-0.2, 0) is 6.61 Å². The maximum Gasteiger partial charge on any atom is 0.254 e. The van der Waals surface area contributed by atoms with Crippen molar-refractivity contribution >= 4 is 0 Å². The first-order chi connectivity index (χ1) is 11.9. The first-order valence-electron chi connectivity index (χ1n) is 7.22. The van der Waals surface area contributed by atoms with E-state index < -0.39 is 0 Å². The maximum absolute atomic E-state index is 5.70. The quantitative estimate of drug-likeness (QED) is 0.557. The van der Waals surface area contributed by atoms with Crippen LogP contribution in [-0.4, -0.2) is 30.4 Å². The summed E-state index contributed by atoms with van der Waals surface area (Å²) in [4.78, 5) is 0. The molecule has 24 heavy (non-hydrogen) atoms. The standard InChI is InChI=1S/C16H12N6O2/c1-2-5-12(6-3-1)16-19-18-15(24-16)10-23-14-8-4-7-13(9-14)22-11-17-20-21-22/h1-9,11H,10H2. The molecule has 0 amide bonds. The lowest BCUT2D eigenvalue weighted by atomic mass is 10.2. The van der Waals surface area contributed by atoms with Gasteiger partial charge in [-0.15, -0.1) is 15.3 Å². The van der Waals surface area contributed by atoms with Crippen molar-refractivity contribution in [3.05, 3.63) is 66.8 Å². The Balaban J connectivity index is 1.46. The fourth-order valence-electron chi connectivity index (χ4n) is 2.15. The highest BCUT2D eigenvalue weighted by Gasteiger charge is 2.09. The molecule has 0 N–H and O–H groups in total. The smallest absolute Gasteiger partial charge is 0.254 e. The van der Waals surface area contributed by atoms with Crippen LogP contribution in [0.2, 0.25) is 0 Å². The van der Waals surface area contributed by atoms with E-state index in [0.717, 1.165) is 11.3 Å². The molecule has 4 aromatic rings. The van der Waals surface area contributed by atoms with E-state index in [1.165, 1.54) is 6.33 Å². The van der Waals surface area contributed by atoms with Gasteiger partial charge in [0.1, 0.15) is 12.1 Å². The van der Waals surface area contributed by atoms with E-state index in [-0.39, 0.29) is 6.61 Å². The molecule has 2 heterocycles. The lowest BCUT2D eigenvalue weighted by Gasteiger charge is -2.05. The van der Waals surface area contributed by atoms with Gasteiger partial charge in [0.05, 0.1) is 5.69 Å². The summed E-state index contributed by atoms with van der Waals surface area (Å²) < 4.78 is 12.9. The zero-order chi connectivity index (χ0) is 16.2. The molecule has 0 fully saturated rings. The summed E-state index contributed by atoms with van der Waals surface area (Å²) in [5.41, 5.74) is 1.67. The minimum atomic E-state index is 0.179. The molecule has 4 rings (SSSR count). The average molecular weight is 320 g/mol. The summed E-state index contributed by atoms with van der Waals surface area (Å²) in [7, 11) is 0. The molecule has 2 aromatic carbocycles. The molecule has 8 heteroatoms. The Morgan fingerprint density at radius 3 is 2.75 bits per heavy atom. The zero-order valence-corrected chi connectivity index (χ0v) is 12.5. The second-order valence-corrected chi connectivity index (χ2v) is 4.91. The van der Waals surface area contributed by atoms with Crippen molar-refractivity contribution in [3.63, 3.8) is 0 Å². The van der Waals surface area contributed by atoms with Crippen LogP contribution in [0.4, 0.5) is 0 Å². The SMILES string of the molecule is c1ccc(-c2nnc(COc3cccc(-n4cnnn4)c3)o2)cc1. The summed E-state index contributed by atoms with van der Waals surface area (Å²) in [5.74, 6) is 1.53. The van der Waals surface area contributed by atoms with E-state index in [2.05, 4.69) is 25.7 Å². The fraction of sp³-hybridized carbons (Fsp3) is 0.0625. The molecule has 0 unspecified atom stereocenters. The van der Waals surface area contributed by atoms with Crippen LogP contribution in [0.5, 0.6) is 5.75 Å². The van der Waals surface area contributed by atoms with Crippen molar-refractivity contribution in [2.24, 2.45) is 0 Å². The second-order valence-electron chi connectivity index (χ2n) is 4.91. The Labute approximate surface area is 136 Å². The van der Waals surface area contributed by atoms with Crippen molar-refractivity contribution in [1.29, 1.82) is 0 Å². The van der Waals surface area contributed by atoms with Crippen molar-refractivity contribution in [2.75, 3.05) is 0 Å².